The van der Waals surface area contributed by atoms with Crippen molar-refractivity contribution in [3.05, 3.63) is 24.0 Å². The zero-order valence-electron chi connectivity index (χ0n) is 14.7. The highest BCUT2D eigenvalue weighted by Gasteiger charge is 2.37. The molecule has 2 aliphatic rings. The summed E-state index contributed by atoms with van der Waals surface area (Å²) in [5, 5.41) is 27.2. The standard InChI is InChI=1S/C10H11F3N2.C7H15NO3/c11-10(12,13)9-8(4-3-5-14-9)15-6-1-2-7-15;1-8-3-7(11)6(10)2-5(8)4-9/h3-5H,1-2,6-7H2;5-7,9-11H,2-4H2,1H3/t;5-,6?,7+/m.1/s1. The summed E-state index contributed by atoms with van der Waals surface area (Å²) in [5.41, 5.74) is -0.561. The van der Waals surface area contributed by atoms with Gasteiger partial charge in [0.1, 0.15) is 0 Å². The van der Waals surface area contributed by atoms with Gasteiger partial charge in [0.05, 0.1) is 24.5 Å². The highest BCUT2D eigenvalue weighted by atomic mass is 19.4. The lowest BCUT2D eigenvalue weighted by Gasteiger charge is -2.37. The number of aliphatic hydroxyl groups is 3. The summed E-state index contributed by atoms with van der Waals surface area (Å²) in [6.45, 7) is 1.86. The zero-order chi connectivity index (χ0) is 19.3. The Labute approximate surface area is 150 Å². The Morgan fingerprint density at radius 3 is 2.42 bits per heavy atom. The van der Waals surface area contributed by atoms with E-state index in [1.807, 2.05) is 11.9 Å². The van der Waals surface area contributed by atoms with Crippen LogP contribution in [0.15, 0.2) is 18.3 Å². The topological polar surface area (TPSA) is 80.1 Å². The molecule has 1 aromatic heterocycles. The number of likely N-dealkylation sites (tertiary alicyclic amines) is 1. The highest BCUT2D eigenvalue weighted by molar-refractivity contribution is 5.52. The number of aromatic nitrogens is 1. The molecule has 0 spiro atoms. The number of rotatable bonds is 2. The highest BCUT2D eigenvalue weighted by Crippen LogP contribution is 2.35. The van der Waals surface area contributed by atoms with Gasteiger partial charge in [0.15, 0.2) is 5.69 Å². The molecule has 0 amide bonds. The van der Waals surface area contributed by atoms with Crippen LogP contribution in [0.4, 0.5) is 18.9 Å². The molecule has 9 heteroatoms. The van der Waals surface area contributed by atoms with Gasteiger partial charge in [0.2, 0.25) is 0 Å². The van der Waals surface area contributed by atoms with Crippen LogP contribution in [0, 0.1) is 0 Å². The van der Waals surface area contributed by atoms with E-state index >= 15 is 0 Å². The van der Waals surface area contributed by atoms with Crippen LogP contribution in [0.3, 0.4) is 0 Å². The molecule has 1 unspecified atom stereocenters. The molecule has 0 aromatic carbocycles. The van der Waals surface area contributed by atoms with Crippen molar-refractivity contribution in [1.29, 1.82) is 0 Å². The smallest absolute Gasteiger partial charge is 0.395 e. The second-order valence-corrected chi connectivity index (χ2v) is 6.71. The van der Waals surface area contributed by atoms with Crippen LogP contribution in [0.1, 0.15) is 25.0 Å². The molecule has 3 atom stereocenters. The quantitative estimate of drug-likeness (QED) is 0.717. The predicted octanol–water partition coefficient (Wildman–Crippen LogP) is 1.11. The van der Waals surface area contributed by atoms with Gasteiger partial charge in [-0.3, -0.25) is 4.90 Å². The summed E-state index contributed by atoms with van der Waals surface area (Å²) in [5.74, 6) is 0. The Morgan fingerprint density at radius 1 is 1.19 bits per heavy atom. The van der Waals surface area contributed by atoms with Crippen LogP contribution in [0.25, 0.3) is 0 Å². The van der Waals surface area contributed by atoms with Crippen LogP contribution >= 0.6 is 0 Å². The molecule has 26 heavy (non-hydrogen) atoms. The normalized spacial score (nSPS) is 27.2. The fourth-order valence-corrected chi connectivity index (χ4v) is 3.22. The third kappa shape index (κ3) is 5.29. The summed E-state index contributed by atoms with van der Waals surface area (Å²) >= 11 is 0. The third-order valence-corrected chi connectivity index (χ3v) is 4.77. The number of β-amino-alcohol motifs (C(OH)–C–C–N with tert-alkyl or cyclic N) is 1. The molecule has 3 N–H and O–H groups in total. The van der Waals surface area contributed by atoms with Gasteiger partial charge in [-0.15, -0.1) is 0 Å². The lowest BCUT2D eigenvalue weighted by atomic mass is 9.98. The first-order valence-electron chi connectivity index (χ1n) is 8.68. The number of hydrogen-bond donors (Lipinski definition) is 3. The molecule has 148 valence electrons. The Kier molecular flexibility index (Phi) is 7.22. The van der Waals surface area contributed by atoms with Crippen LogP contribution in [-0.4, -0.2) is 76.7 Å². The van der Waals surface area contributed by atoms with Crippen molar-refractivity contribution in [3.8, 4) is 0 Å². The summed E-state index contributed by atoms with van der Waals surface area (Å²) in [6.07, 6.45) is -2.17. The van der Waals surface area contributed by atoms with Crippen LogP contribution < -0.4 is 4.90 Å². The number of piperidine rings is 1. The Hall–Kier alpha value is -1.42. The van der Waals surface area contributed by atoms with Crippen molar-refractivity contribution >= 4 is 5.69 Å². The summed E-state index contributed by atoms with van der Waals surface area (Å²) in [7, 11) is 1.83. The number of anilines is 1. The summed E-state index contributed by atoms with van der Waals surface area (Å²) in [6, 6.07) is 3.03. The number of hydrogen-bond acceptors (Lipinski definition) is 6. The molecular weight excluding hydrogens is 351 g/mol. The van der Waals surface area contributed by atoms with E-state index in [0.29, 0.717) is 26.1 Å². The SMILES string of the molecule is CN1C[C@H](O)C(O)C[C@@H]1CO.FC(F)(F)c1ncccc1N1CCCC1. The molecule has 6 nitrogen and oxygen atoms in total. The minimum absolute atomic E-state index is 0.00611. The summed E-state index contributed by atoms with van der Waals surface area (Å²) in [4.78, 5) is 7.03. The average molecular weight is 377 g/mol. The Balaban J connectivity index is 0.000000197. The first-order chi connectivity index (χ1) is 12.2. The van der Waals surface area contributed by atoms with Crippen molar-refractivity contribution in [2.75, 3.05) is 38.2 Å². The predicted molar refractivity (Wildman–Crippen MR) is 90.8 cm³/mol. The van der Waals surface area contributed by atoms with Gasteiger partial charge in [0.25, 0.3) is 0 Å². The average Bonchev–Trinajstić information content (AvgIpc) is 3.12. The molecule has 3 heterocycles. The fourth-order valence-electron chi connectivity index (χ4n) is 3.22. The summed E-state index contributed by atoms with van der Waals surface area (Å²) < 4.78 is 37.8. The van der Waals surface area contributed by atoms with Crippen molar-refractivity contribution in [2.24, 2.45) is 0 Å². The van der Waals surface area contributed by atoms with Crippen LogP contribution in [0.2, 0.25) is 0 Å². The van der Waals surface area contributed by atoms with Gasteiger partial charge in [-0.2, -0.15) is 13.2 Å². The number of halogens is 3. The van der Waals surface area contributed by atoms with Gasteiger partial charge in [-0.05, 0) is 38.4 Å². The Morgan fingerprint density at radius 2 is 1.85 bits per heavy atom. The lowest BCUT2D eigenvalue weighted by molar-refractivity contribution is -0.140. The van der Waals surface area contributed by atoms with Gasteiger partial charge in [0, 0.05) is 31.9 Å². The van der Waals surface area contributed by atoms with Crippen molar-refractivity contribution < 1.29 is 28.5 Å². The minimum Gasteiger partial charge on any atom is -0.395 e. The van der Waals surface area contributed by atoms with Gasteiger partial charge >= 0.3 is 6.18 Å². The second kappa shape index (κ2) is 8.98. The van der Waals surface area contributed by atoms with Crippen molar-refractivity contribution in [1.82, 2.24) is 9.88 Å². The molecule has 2 saturated heterocycles. The molecule has 2 fully saturated rings. The molecule has 3 rings (SSSR count). The van der Waals surface area contributed by atoms with Crippen molar-refractivity contribution in [2.45, 2.75) is 43.7 Å². The zero-order valence-corrected chi connectivity index (χ0v) is 14.7. The monoisotopic (exact) mass is 377 g/mol. The lowest BCUT2D eigenvalue weighted by Crippen LogP contribution is -2.51. The van der Waals surface area contributed by atoms with Crippen LogP contribution in [0.5, 0.6) is 0 Å². The molecule has 0 aliphatic carbocycles. The van der Waals surface area contributed by atoms with E-state index in [2.05, 4.69) is 4.98 Å². The maximum absolute atomic E-state index is 12.6. The molecule has 1 aromatic rings. The molecular formula is C17H26F3N3O3. The van der Waals surface area contributed by atoms with Crippen LogP contribution in [-0.2, 0) is 6.18 Å². The van der Waals surface area contributed by atoms with E-state index in [-0.39, 0.29) is 18.3 Å². The molecule has 0 radical (unpaired) electrons. The van der Waals surface area contributed by atoms with E-state index in [1.165, 1.54) is 12.3 Å². The maximum Gasteiger partial charge on any atom is 0.435 e. The third-order valence-electron chi connectivity index (χ3n) is 4.77. The van der Waals surface area contributed by atoms with Gasteiger partial charge in [-0.1, -0.05) is 0 Å². The maximum atomic E-state index is 12.6. The molecule has 2 aliphatic heterocycles. The largest absolute Gasteiger partial charge is 0.435 e. The van der Waals surface area contributed by atoms with E-state index in [1.54, 1.807) is 11.0 Å². The molecule has 0 saturated carbocycles. The first kappa shape index (κ1) is 20.9. The first-order valence-corrected chi connectivity index (χ1v) is 8.68. The van der Waals surface area contributed by atoms with Gasteiger partial charge < -0.3 is 20.2 Å². The van der Waals surface area contributed by atoms with Gasteiger partial charge in [-0.25, -0.2) is 4.98 Å². The van der Waals surface area contributed by atoms with Crippen molar-refractivity contribution in [3.63, 3.8) is 0 Å². The minimum atomic E-state index is -4.36. The number of aliphatic hydroxyl groups excluding tert-OH is 3. The number of nitrogens with zero attached hydrogens (tertiary/aromatic N) is 3. The van der Waals surface area contributed by atoms with E-state index in [4.69, 9.17) is 5.11 Å². The molecule has 0 bridgehead atoms. The van der Waals surface area contributed by atoms with E-state index in [9.17, 15) is 23.4 Å². The van der Waals surface area contributed by atoms with E-state index < -0.39 is 24.1 Å². The van der Waals surface area contributed by atoms with E-state index in [0.717, 1.165) is 12.8 Å². The Bertz CT molecular complexity index is 568. The number of likely N-dealkylation sites (N-methyl/N-ethyl adjacent to an activating group) is 1. The number of alkyl halides is 3. The number of pyridine rings is 1. The second-order valence-electron chi connectivity index (χ2n) is 6.71. The fraction of sp³-hybridized carbons (Fsp3) is 0.706.